The highest BCUT2D eigenvalue weighted by molar-refractivity contribution is 6.33. The number of benzene rings is 2. The predicted octanol–water partition coefficient (Wildman–Crippen LogP) is 3.30. The molecule has 0 spiro atoms. The van der Waals surface area contributed by atoms with Crippen molar-refractivity contribution in [3.05, 3.63) is 68.7 Å². The van der Waals surface area contributed by atoms with Gasteiger partial charge in [-0.3, -0.25) is 14.9 Å². The zero-order chi connectivity index (χ0) is 17.7. The molecule has 0 aliphatic carbocycles. The number of halogens is 1. The van der Waals surface area contributed by atoms with Crippen LogP contribution < -0.4 is 4.74 Å². The summed E-state index contributed by atoms with van der Waals surface area (Å²) in [5, 5.41) is 10.7. The molecule has 0 heterocycles. The molecule has 0 atom stereocenters. The Morgan fingerprint density at radius 2 is 1.83 bits per heavy atom. The molecular weight excluding hydrogens is 338 g/mol. The van der Waals surface area contributed by atoms with Crippen molar-refractivity contribution in [1.29, 1.82) is 0 Å². The summed E-state index contributed by atoms with van der Waals surface area (Å²) in [4.78, 5) is 34.0. The van der Waals surface area contributed by atoms with E-state index in [0.717, 1.165) is 6.07 Å². The van der Waals surface area contributed by atoms with Crippen LogP contribution in [0.2, 0.25) is 5.02 Å². The summed E-state index contributed by atoms with van der Waals surface area (Å²) in [6.07, 6.45) is 0. The molecule has 0 N–H and O–H groups in total. The molecule has 0 saturated carbocycles. The summed E-state index contributed by atoms with van der Waals surface area (Å²) >= 11 is 5.84. The van der Waals surface area contributed by atoms with Crippen LogP contribution in [0.25, 0.3) is 0 Å². The lowest BCUT2D eigenvalue weighted by Gasteiger charge is -2.06. The smallest absolute Gasteiger partial charge is 0.340 e. The number of ketones is 1. The van der Waals surface area contributed by atoms with Gasteiger partial charge in [0.2, 0.25) is 0 Å². The number of nitrogens with zero attached hydrogens (tertiary/aromatic N) is 1. The van der Waals surface area contributed by atoms with E-state index in [0.29, 0.717) is 11.3 Å². The number of carbonyl (C=O) groups excluding carboxylic acids is 2. The van der Waals surface area contributed by atoms with Crippen molar-refractivity contribution in [2.75, 3.05) is 13.7 Å². The minimum atomic E-state index is -0.912. The van der Waals surface area contributed by atoms with Crippen LogP contribution >= 0.6 is 11.6 Å². The average molecular weight is 350 g/mol. The number of carbonyl (C=O) groups is 2. The molecule has 2 rings (SSSR count). The van der Waals surface area contributed by atoms with Gasteiger partial charge in [0.1, 0.15) is 5.75 Å². The molecule has 0 saturated heterocycles. The summed E-state index contributed by atoms with van der Waals surface area (Å²) in [5.41, 5.74) is -0.130. The molecule has 0 radical (unpaired) electrons. The Labute approximate surface area is 141 Å². The first kappa shape index (κ1) is 17.4. The normalized spacial score (nSPS) is 10.1. The number of nitro groups is 1. The lowest BCUT2D eigenvalue weighted by atomic mass is 10.1. The van der Waals surface area contributed by atoms with Gasteiger partial charge in [0.15, 0.2) is 12.4 Å². The summed E-state index contributed by atoms with van der Waals surface area (Å²) in [7, 11) is 1.50. The topological polar surface area (TPSA) is 95.7 Å². The van der Waals surface area contributed by atoms with E-state index < -0.39 is 23.3 Å². The highest BCUT2D eigenvalue weighted by Gasteiger charge is 2.18. The Morgan fingerprint density at radius 1 is 1.17 bits per heavy atom. The molecule has 2 aromatic rings. The van der Waals surface area contributed by atoms with Crippen LogP contribution in [-0.4, -0.2) is 30.4 Å². The van der Waals surface area contributed by atoms with E-state index in [-0.39, 0.29) is 16.3 Å². The molecule has 0 fully saturated rings. The fraction of sp³-hybridized carbons (Fsp3) is 0.125. The van der Waals surface area contributed by atoms with Crippen molar-refractivity contribution in [2.45, 2.75) is 0 Å². The first-order valence-electron chi connectivity index (χ1n) is 6.70. The van der Waals surface area contributed by atoms with Gasteiger partial charge in [0.05, 0.1) is 22.6 Å². The Bertz CT molecular complexity index is 788. The van der Waals surface area contributed by atoms with E-state index >= 15 is 0 Å². The number of rotatable bonds is 6. The van der Waals surface area contributed by atoms with Crippen LogP contribution in [0.1, 0.15) is 20.7 Å². The SMILES string of the molecule is COc1ccc(C(=O)COC(=O)c2cc([N+](=O)[O-])ccc2Cl)cc1. The summed E-state index contributed by atoms with van der Waals surface area (Å²) in [6.45, 7) is -0.510. The van der Waals surface area contributed by atoms with Crippen molar-refractivity contribution in [3.8, 4) is 5.75 Å². The Kier molecular flexibility index (Phi) is 5.49. The highest BCUT2D eigenvalue weighted by Crippen LogP contribution is 2.23. The van der Waals surface area contributed by atoms with Crippen LogP contribution in [-0.2, 0) is 4.74 Å². The molecule has 0 amide bonds. The molecular formula is C16H12ClNO6. The van der Waals surface area contributed by atoms with Crippen molar-refractivity contribution in [3.63, 3.8) is 0 Å². The molecule has 2 aromatic carbocycles. The molecule has 0 aromatic heterocycles. The zero-order valence-corrected chi connectivity index (χ0v) is 13.3. The number of Topliss-reactive ketones (excluding diaryl/α,β-unsaturated/α-hetero) is 1. The second-order valence-corrected chi connectivity index (χ2v) is 5.06. The Balaban J connectivity index is 2.05. The summed E-state index contributed by atoms with van der Waals surface area (Å²) in [5.74, 6) is -0.745. The van der Waals surface area contributed by atoms with Gasteiger partial charge in [0, 0.05) is 17.7 Å². The van der Waals surface area contributed by atoms with E-state index in [2.05, 4.69) is 0 Å². The molecule has 0 aliphatic rings. The van der Waals surface area contributed by atoms with Crippen molar-refractivity contribution in [1.82, 2.24) is 0 Å². The zero-order valence-electron chi connectivity index (χ0n) is 12.5. The minimum absolute atomic E-state index is 0.00231. The number of ether oxygens (including phenoxy) is 2. The van der Waals surface area contributed by atoms with Gasteiger partial charge in [-0.15, -0.1) is 0 Å². The first-order chi connectivity index (χ1) is 11.4. The van der Waals surface area contributed by atoms with Crippen LogP contribution in [0.4, 0.5) is 5.69 Å². The number of non-ortho nitro benzene ring substituents is 1. The highest BCUT2D eigenvalue weighted by atomic mass is 35.5. The van der Waals surface area contributed by atoms with Crippen LogP contribution in [0.3, 0.4) is 0 Å². The van der Waals surface area contributed by atoms with Gasteiger partial charge in [-0.25, -0.2) is 4.79 Å². The largest absolute Gasteiger partial charge is 0.497 e. The second-order valence-electron chi connectivity index (χ2n) is 4.65. The maximum Gasteiger partial charge on any atom is 0.340 e. The first-order valence-corrected chi connectivity index (χ1v) is 7.08. The van der Waals surface area contributed by atoms with Crippen LogP contribution in [0.15, 0.2) is 42.5 Å². The molecule has 0 aliphatic heterocycles. The fourth-order valence-corrected chi connectivity index (χ4v) is 2.05. The molecule has 8 heteroatoms. The number of esters is 1. The predicted molar refractivity (Wildman–Crippen MR) is 85.7 cm³/mol. The number of methoxy groups -OCH3 is 1. The average Bonchev–Trinajstić information content (AvgIpc) is 2.59. The third kappa shape index (κ3) is 4.08. The monoisotopic (exact) mass is 349 g/mol. The van der Waals surface area contributed by atoms with Gasteiger partial charge >= 0.3 is 5.97 Å². The Hall–Kier alpha value is -2.93. The maximum absolute atomic E-state index is 12.0. The third-order valence-corrected chi connectivity index (χ3v) is 3.46. The maximum atomic E-state index is 12.0. The lowest BCUT2D eigenvalue weighted by Crippen LogP contribution is -2.14. The van der Waals surface area contributed by atoms with Gasteiger partial charge in [-0.05, 0) is 30.3 Å². The van der Waals surface area contributed by atoms with Crippen molar-refractivity contribution in [2.24, 2.45) is 0 Å². The number of hydrogen-bond donors (Lipinski definition) is 0. The van der Waals surface area contributed by atoms with Crippen LogP contribution in [0.5, 0.6) is 5.75 Å². The van der Waals surface area contributed by atoms with E-state index in [1.54, 1.807) is 12.1 Å². The van der Waals surface area contributed by atoms with E-state index in [4.69, 9.17) is 21.1 Å². The standard InChI is InChI=1S/C16H12ClNO6/c1-23-12-5-2-10(3-6-12)15(19)9-24-16(20)13-8-11(18(21)22)4-7-14(13)17/h2-8H,9H2,1H3. The van der Waals surface area contributed by atoms with E-state index in [1.807, 2.05) is 0 Å². The summed E-state index contributed by atoms with van der Waals surface area (Å²) in [6, 6.07) is 9.68. The second kappa shape index (κ2) is 7.56. The van der Waals surface area contributed by atoms with E-state index in [9.17, 15) is 19.7 Å². The van der Waals surface area contributed by atoms with Gasteiger partial charge in [-0.2, -0.15) is 0 Å². The van der Waals surface area contributed by atoms with Crippen LogP contribution in [0, 0.1) is 10.1 Å². The van der Waals surface area contributed by atoms with Gasteiger partial charge in [-0.1, -0.05) is 11.6 Å². The third-order valence-electron chi connectivity index (χ3n) is 3.13. The lowest BCUT2D eigenvalue weighted by molar-refractivity contribution is -0.384. The summed E-state index contributed by atoms with van der Waals surface area (Å²) < 4.78 is 9.87. The quantitative estimate of drug-likeness (QED) is 0.343. The molecule has 0 bridgehead atoms. The van der Waals surface area contributed by atoms with Gasteiger partial charge in [0.25, 0.3) is 5.69 Å². The molecule has 7 nitrogen and oxygen atoms in total. The van der Waals surface area contributed by atoms with Crippen molar-refractivity contribution < 1.29 is 24.0 Å². The number of nitro benzene ring substituents is 1. The molecule has 124 valence electrons. The fourth-order valence-electron chi connectivity index (χ4n) is 1.85. The molecule has 24 heavy (non-hydrogen) atoms. The van der Waals surface area contributed by atoms with E-state index in [1.165, 1.54) is 31.4 Å². The molecule has 0 unspecified atom stereocenters. The van der Waals surface area contributed by atoms with Crippen molar-refractivity contribution >= 4 is 29.0 Å². The van der Waals surface area contributed by atoms with Gasteiger partial charge < -0.3 is 9.47 Å². The Morgan fingerprint density at radius 3 is 2.42 bits per heavy atom. The number of hydrogen-bond acceptors (Lipinski definition) is 6. The minimum Gasteiger partial charge on any atom is -0.497 e.